The quantitative estimate of drug-likeness (QED) is 0.316. The van der Waals surface area contributed by atoms with E-state index in [1.165, 1.54) is 0 Å². The number of nitrogens with two attached hydrogens (primary N) is 1. The fourth-order valence-corrected chi connectivity index (χ4v) is 0.555. The summed E-state index contributed by atoms with van der Waals surface area (Å²) in [5.41, 5.74) is 5.17. The molecule has 0 saturated carbocycles. The molecular formula is C4H7N3O2. The van der Waals surface area contributed by atoms with E-state index < -0.39 is 12.1 Å². The molecule has 5 nitrogen and oxygen atoms in total. The number of amides is 2. The molecule has 0 bridgehead atoms. The van der Waals surface area contributed by atoms with Gasteiger partial charge in [0.25, 0.3) is 5.91 Å². The van der Waals surface area contributed by atoms with Gasteiger partial charge in [-0.25, -0.2) is 0 Å². The third-order valence-corrected chi connectivity index (χ3v) is 1.03. The molecule has 0 aliphatic carbocycles. The van der Waals surface area contributed by atoms with Gasteiger partial charge in [-0.3, -0.25) is 20.2 Å². The van der Waals surface area contributed by atoms with Crippen LogP contribution in [0.5, 0.6) is 0 Å². The van der Waals surface area contributed by atoms with Crippen LogP contribution in [0.4, 0.5) is 0 Å². The summed E-state index contributed by atoms with van der Waals surface area (Å²) in [6.45, 7) is 0.118. The Morgan fingerprint density at radius 1 is 1.56 bits per heavy atom. The van der Waals surface area contributed by atoms with Gasteiger partial charge in [-0.1, -0.05) is 0 Å². The fraction of sp³-hybridized carbons (Fsp3) is 0.500. The summed E-state index contributed by atoms with van der Waals surface area (Å²) in [6, 6.07) is 0. The minimum Gasteiger partial charge on any atom is -0.308 e. The Bertz CT molecular complexity index is 156. The summed E-state index contributed by atoms with van der Waals surface area (Å²) >= 11 is 0. The van der Waals surface area contributed by atoms with Gasteiger partial charge in [0.05, 0.1) is 6.54 Å². The van der Waals surface area contributed by atoms with Crippen LogP contribution < -0.4 is 16.4 Å². The van der Waals surface area contributed by atoms with Gasteiger partial charge in [0, 0.05) is 0 Å². The second-order valence-electron chi connectivity index (χ2n) is 1.77. The Morgan fingerprint density at radius 3 is 2.67 bits per heavy atom. The van der Waals surface area contributed by atoms with Crippen molar-refractivity contribution in [1.82, 2.24) is 10.6 Å². The minimum atomic E-state index is -0.734. The summed E-state index contributed by atoms with van der Waals surface area (Å²) in [5, 5.41) is 4.56. The van der Waals surface area contributed by atoms with Gasteiger partial charge in [-0.2, -0.15) is 0 Å². The van der Waals surface area contributed by atoms with Crippen LogP contribution in [-0.2, 0) is 9.59 Å². The minimum absolute atomic E-state index is 0.118. The van der Waals surface area contributed by atoms with E-state index >= 15 is 0 Å². The van der Waals surface area contributed by atoms with Crippen molar-refractivity contribution >= 4 is 11.8 Å². The average molecular weight is 129 g/mol. The molecule has 1 aliphatic rings. The van der Waals surface area contributed by atoms with Crippen LogP contribution in [0.15, 0.2) is 0 Å². The van der Waals surface area contributed by atoms with Crippen molar-refractivity contribution in [3.63, 3.8) is 0 Å². The molecule has 1 atom stereocenters. The molecule has 50 valence electrons. The summed E-state index contributed by atoms with van der Waals surface area (Å²) in [6.07, 6.45) is -0.734. The first kappa shape index (κ1) is 6.18. The summed E-state index contributed by atoms with van der Waals surface area (Å²) in [5.74, 6) is -0.798. The fourth-order valence-electron chi connectivity index (χ4n) is 0.555. The van der Waals surface area contributed by atoms with Gasteiger partial charge in [-0.15, -0.1) is 0 Å². The lowest BCUT2D eigenvalue weighted by atomic mass is 10.3. The number of hydrogen-bond donors (Lipinski definition) is 3. The maximum Gasteiger partial charge on any atom is 0.258 e. The smallest absolute Gasteiger partial charge is 0.258 e. The number of hydrogen-bond acceptors (Lipinski definition) is 4. The molecule has 0 aromatic rings. The van der Waals surface area contributed by atoms with Gasteiger partial charge >= 0.3 is 0 Å². The highest BCUT2D eigenvalue weighted by molar-refractivity contribution is 6.00. The van der Waals surface area contributed by atoms with Gasteiger partial charge in [-0.05, 0) is 0 Å². The number of carbonyl (C=O) groups is 2. The summed E-state index contributed by atoms with van der Waals surface area (Å²) < 4.78 is 0. The lowest BCUT2D eigenvalue weighted by Gasteiger charge is -2.17. The highest BCUT2D eigenvalue weighted by Crippen LogP contribution is 1.79. The largest absolute Gasteiger partial charge is 0.308 e. The number of imide groups is 1. The highest BCUT2D eigenvalue weighted by Gasteiger charge is 2.21. The second-order valence-corrected chi connectivity index (χ2v) is 1.77. The predicted molar refractivity (Wildman–Crippen MR) is 29.1 cm³/mol. The number of rotatable bonds is 0. The van der Waals surface area contributed by atoms with Gasteiger partial charge in [0.2, 0.25) is 5.91 Å². The van der Waals surface area contributed by atoms with Crippen molar-refractivity contribution in [1.29, 1.82) is 0 Å². The summed E-state index contributed by atoms with van der Waals surface area (Å²) in [4.78, 5) is 20.9. The van der Waals surface area contributed by atoms with Crippen molar-refractivity contribution in [2.75, 3.05) is 6.54 Å². The zero-order valence-electron chi connectivity index (χ0n) is 4.68. The van der Waals surface area contributed by atoms with Crippen molar-refractivity contribution in [3.8, 4) is 0 Å². The molecular weight excluding hydrogens is 122 g/mol. The molecule has 4 N–H and O–H groups in total. The maximum absolute atomic E-state index is 10.5. The van der Waals surface area contributed by atoms with Gasteiger partial charge in [0.15, 0.2) is 0 Å². The van der Waals surface area contributed by atoms with E-state index in [0.29, 0.717) is 0 Å². The number of carbonyl (C=O) groups excluding carboxylic acids is 2. The Labute approximate surface area is 51.6 Å². The maximum atomic E-state index is 10.5. The molecule has 1 heterocycles. The molecule has 0 spiro atoms. The first-order chi connectivity index (χ1) is 4.20. The van der Waals surface area contributed by atoms with Crippen molar-refractivity contribution in [3.05, 3.63) is 0 Å². The normalized spacial score (nSPS) is 27.9. The van der Waals surface area contributed by atoms with Crippen LogP contribution in [0.25, 0.3) is 0 Å². The first-order valence-electron chi connectivity index (χ1n) is 2.53. The van der Waals surface area contributed by atoms with Crippen molar-refractivity contribution in [2.45, 2.75) is 6.17 Å². The third kappa shape index (κ3) is 1.24. The zero-order chi connectivity index (χ0) is 6.85. The molecule has 1 aliphatic heterocycles. The molecule has 0 aromatic carbocycles. The van der Waals surface area contributed by atoms with Crippen molar-refractivity contribution in [2.24, 2.45) is 5.73 Å². The van der Waals surface area contributed by atoms with Gasteiger partial charge in [0.1, 0.15) is 6.17 Å². The van der Waals surface area contributed by atoms with E-state index in [2.05, 4.69) is 10.6 Å². The van der Waals surface area contributed by atoms with Gasteiger partial charge < -0.3 is 5.73 Å². The van der Waals surface area contributed by atoms with Crippen LogP contribution in [0, 0.1) is 0 Å². The Kier molecular flexibility index (Phi) is 1.46. The zero-order valence-corrected chi connectivity index (χ0v) is 4.68. The van der Waals surface area contributed by atoms with E-state index in [1.807, 2.05) is 0 Å². The van der Waals surface area contributed by atoms with Crippen LogP contribution >= 0.6 is 0 Å². The van der Waals surface area contributed by atoms with Crippen LogP contribution in [0.1, 0.15) is 0 Å². The number of piperazine rings is 1. The van der Waals surface area contributed by atoms with E-state index in [4.69, 9.17) is 5.73 Å². The SMILES string of the molecule is NC1NCC(=O)NC1=O. The van der Waals surface area contributed by atoms with E-state index in [0.717, 1.165) is 0 Å². The predicted octanol–water partition coefficient (Wildman–Crippen LogP) is -2.48. The van der Waals surface area contributed by atoms with E-state index in [1.54, 1.807) is 0 Å². The second kappa shape index (κ2) is 2.12. The van der Waals surface area contributed by atoms with E-state index in [-0.39, 0.29) is 12.5 Å². The van der Waals surface area contributed by atoms with E-state index in [9.17, 15) is 9.59 Å². The first-order valence-corrected chi connectivity index (χ1v) is 2.53. The molecule has 1 saturated heterocycles. The third-order valence-electron chi connectivity index (χ3n) is 1.03. The molecule has 0 aromatic heterocycles. The highest BCUT2D eigenvalue weighted by atomic mass is 16.2. The van der Waals surface area contributed by atoms with Crippen molar-refractivity contribution < 1.29 is 9.59 Å². The summed E-state index contributed by atoms with van der Waals surface area (Å²) in [7, 11) is 0. The van der Waals surface area contributed by atoms with Crippen LogP contribution in [0.2, 0.25) is 0 Å². The molecule has 9 heavy (non-hydrogen) atoms. The monoisotopic (exact) mass is 129 g/mol. The molecule has 2 amide bonds. The Hall–Kier alpha value is -0.940. The lowest BCUT2D eigenvalue weighted by molar-refractivity contribution is -0.134. The van der Waals surface area contributed by atoms with Crippen LogP contribution in [-0.4, -0.2) is 24.5 Å². The Morgan fingerprint density at radius 2 is 2.22 bits per heavy atom. The molecule has 1 rings (SSSR count). The average Bonchev–Trinajstić information content (AvgIpc) is 1.80. The molecule has 1 fully saturated rings. The molecule has 5 heteroatoms. The van der Waals surface area contributed by atoms with Crippen LogP contribution in [0.3, 0.4) is 0 Å². The standard InChI is InChI=1S/C4H7N3O2/c5-3-4(9)7-2(8)1-6-3/h3,6H,1,5H2,(H,7,8,9). The Balaban J connectivity index is 2.54. The molecule has 1 unspecified atom stereocenters. The molecule has 0 radical (unpaired) electrons. The topological polar surface area (TPSA) is 84.2 Å². The lowest BCUT2D eigenvalue weighted by Crippen LogP contribution is -2.59. The number of nitrogens with one attached hydrogen (secondary N) is 2.